The lowest BCUT2D eigenvalue weighted by Crippen LogP contribution is -2.48. The van der Waals surface area contributed by atoms with Gasteiger partial charge in [-0.2, -0.15) is 0 Å². The summed E-state index contributed by atoms with van der Waals surface area (Å²) in [5.74, 6) is 0.796. The molecule has 3 aliphatic rings. The number of hydrogen-bond donors (Lipinski definition) is 0. The van der Waals surface area contributed by atoms with Crippen molar-refractivity contribution in [1.29, 1.82) is 0 Å². The first-order chi connectivity index (χ1) is 12.6. The molecule has 2 amide bonds. The normalized spacial score (nSPS) is 26.6. The minimum absolute atomic E-state index is 0.0628. The molecule has 1 aromatic carbocycles. The summed E-state index contributed by atoms with van der Waals surface area (Å²) in [6, 6.07) is 7.90. The molecule has 3 aliphatic heterocycles. The van der Waals surface area contributed by atoms with Crippen LogP contribution in [0.25, 0.3) is 0 Å². The van der Waals surface area contributed by atoms with Gasteiger partial charge in [0.2, 0.25) is 11.8 Å². The Kier molecular flexibility index (Phi) is 4.82. The van der Waals surface area contributed by atoms with Crippen molar-refractivity contribution in [3.63, 3.8) is 0 Å². The fourth-order valence-electron chi connectivity index (χ4n) is 3.91. The first-order valence-corrected chi connectivity index (χ1v) is 9.17. The van der Waals surface area contributed by atoms with Crippen LogP contribution in [0.2, 0.25) is 0 Å². The van der Waals surface area contributed by atoms with Gasteiger partial charge in [-0.3, -0.25) is 14.5 Å². The smallest absolute Gasteiger partial charge is 0.236 e. The van der Waals surface area contributed by atoms with Crippen LogP contribution in [0.4, 0.5) is 0 Å². The molecule has 0 aromatic heterocycles. The number of para-hydroxylation sites is 1. The first-order valence-electron chi connectivity index (χ1n) is 9.17. The van der Waals surface area contributed by atoms with Crippen LogP contribution in [0.5, 0.6) is 5.75 Å². The zero-order chi connectivity index (χ0) is 18.1. The average Bonchev–Trinajstić information content (AvgIpc) is 2.94. The van der Waals surface area contributed by atoms with Gasteiger partial charge in [-0.15, -0.1) is 0 Å². The third kappa shape index (κ3) is 3.41. The average molecular weight is 359 g/mol. The molecule has 0 aliphatic carbocycles. The maximum Gasteiger partial charge on any atom is 0.236 e. The van der Waals surface area contributed by atoms with Crippen LogP contribution in [0.3, 0.4) is 0 Å². The molecule has 7 heteroatoms. The number of hydrogen-bond acceptors (Lipinski definition) is 5. The van der Waals surface area contributed by atoms with Gasteiger partial charge in [0.1, 0.15) is 12.4 Å². The molecule has 4 rings (SSSR count). The number of benzene rings is 1. The van der Waals surface area contributed by atoms with Gasteiger partial charge in [-0.05, 0) is 6.07 Å². The van der Waals surface area contributed by atoms with Gasteiger partial charge < -0.3 is 19.3 Å². The third-order valence-electron chi connectivity index (χ3n) is 5.49. The number of fused-ring (bicyclic) bond motifs is 4. The quantitative estimate of drug-likeness (QED) is 0.755. The highest BCUT2D eigenvalue weighted by atomic mass is 16.5. The largest absolute Gasteiger partial charge is 0.492 e. The van der Waals surface area contributed by atoms with E-state index in [0.717, 1.165) is 11.3 Å². The van der Waals surface area contributed by atoms with Crippen molar-refractivity contribution in [3.05, 3.63) is 29.8 Å². The summed E-state index contributed by atoms with van der Waals surface area (Å²) in [6.45, 7) is 4.20. The Morgan fingerprint density at radius 3 is 2.96 bits per heavy atom. The number of likely N-dealkylation sites (N-methyl/N-ethyl adjacent to an activating group) is 1. The standard InChI is InChI=1S/C19H25N3O4/c1-20-16-10-22(9-15(19(20)24)12-25-13-16)18(23)11-21-6-7-26-17-5-3-2-4-14(17)8-21/h2-5,15-16H,6-13H2,1H3/t15-,16+/m1/s1. The highest BCUT2D eigenvalue weighted by Gasteiger charge is 2.38. The SMILES string of the molecule is CN1C(=O)[C@H]2COC[C@@H]1CN(C(=O)CN1CCOc3ccccc3C1)C2. The molecule has 140 valence electrons. The molecular formula is C19H25N3O4. The minimum Gasteiger partial charge on any atom is -0.492 e. The van der Waals surface area contributed by atoms with E-state index in [1.807, 2.05) is 36.2 Å². The summed E-state index contributed by atoms with van der Waals surface area (Å²) in [5, 5.41) is 0. The molecule has 2 saturated heterocycles. The molecule has 0 saturated carbocycles. The van der Waals surface area contributed by atoms with E-state index < -0.39 is 0 Å². The lowest BCUT2D eigenvalue weighted by atomic mass is 10.1. The molecule has 7 nitrogen and oxygen atoms in total. The van der Waals surface area contributed by atoms with E-state index in [9.17, 15) is 9.59 Å². The summed E-state index contributed by atoms with van der Waals surface area (Å²) in [4.78, 5) is 31.1. The second-order valence-electron chi connectivity index (χ2n) is 7.30. The van der Waals surface area contributed by atoms with Gasteiger partial charge in [-0.1, -0.05) is 18.2 Å². The molecular weight excluding hydrogens is 334 g/mol. The molecule has 0 unspecified atom stereocenters. The second-order valence-corrected chi connectivity index (χ2v) is 7.30. The number of carbonyl (C=O) groups excluding carboxylic acids is 2. The monoisotopic (exact) mass is 359 g/mol. The lowest BCUT2D eigenvalue weighted by molar-refractivity contribution is -0.135. The van der Waals surface area contributed by atoms with Gasteiger partial charge in [0.15, 0.2) is 0 Å². The maximum atomic E-state index is 13.0. The van der Waals surface area contributed by atoms with Crippen molar-refractivity contribution in [2.75, 3.05) is 53.0 Å². The van der Waals surface area contributed by atoms with Gasteiger partial charge in [0, 0.05) is 38.8 Å². The summed E-state index contributed by atoms with van der Waals surface area (Å²) >= 11 is 0. The Morgan fingerprint density at radius 2 is 2.08 bits per heavy atom. The van der Waals surface area contributed by atoms with Crippen molar-refractivity contribution in [1.82, 2.24) is 14.7 Å². The predicted molar refractivity (Wildman–Crippen MR) is 94.7 cm³/mol. The number of amides is 2. The number of rotatable bonds is 2. The Labute approximate surface area is 153 Å². The molecule has 2 bridgehead atoms. The molecule has 26 heavy (non-hydrogen) atoms. The van der Waals surface area contributed by atoms with Crippen LogP contribution in [0.15, 0.2) is 24.3 Å². The van der Waals surface area contributed by atoms with Crippen LogP contribution in [0.1, 0.15) is 5.56 Å². The topological polar surface area (TPSA) is 62.3 Å². The van der Waals surface area contributed by atoms with Crippen molar-refractivity contribution < 1.29 is 19.1 Å². The van der Waals surface area contributed by atoms with Crippen LogP contribution in [0, 0.1) is 5.92 Å². The Bertz CT molecular complexity index is 695. The molecule has 3 heterocycles. The van der Waals surface area contributed by atoms with Crippen LogP contribution in [-0.4, -0.2) is 85.6 Å². The Balaban J connectivity index is 1.44. The van der Waals surface area contributed by atoms with Crippen LogP contribution in [-0.2, 0) is 20.9 Å². The van der Waals surface area contributed by atoms with E-state index in [1.165, 1.54) is 0 Å². The first kappa shape index (κ1) is 17.3. The van der Waals surface area contributed by atoms with Gasteiger partial charge in [0.05, 0.1) is 31.7 Å². The van der Waals surface area contributed by atoms with Crippen molar-refractivity contribution >= 4 is 11.8 Å². The van der Waals surface area contributed by atoms with Gasteiger partial charge in [-0.25, -0.2) is 0 Å². The zero-order valence-corrected chi connectivity index (χ0v) is 15.1. The fraction of sp³-hybridized carbons (Fsp3) is 0.579. The molecule has 0 radical (unpaired) electrons. The Morgan fingerprint density at radius 1 is 1.23 bits per heavy atom. The van der Waals surface area contributed by atoms with E-state index in [1.54, 1.807) is 4.90 Å². The molecule has 0 N–H and O–H groups in total. The Hall–Kier alpha value is -2.12. The van der Waals surface area contributed by atoms with Crippen molar-refractivity contribution in [3.8, 4) is 5.75 Å². The summed E-state index contributed by atoms with van der Waals surface area (Å²) in [5.41, 5.74) is 1.11. The molecule has 0 spiro atoms. The van der Waals surface area contributed by atoms with Crippen molar-refractivity contribution in [2.24, 2.45) is 5.92 Å². The van der Waals surface area contributed by atoms with Crippen LogP contribution < -0.4 is 4.74 Å². The number of carbonyl (C=O) groups is 2. The van der Waals surface area contributed by atoms with Gasteiger partial charge >= 0.3 is 0 Å². The lowest BCUT2D eigenvalue weighted by Gasteiger charge is -2.31. The summed E-state index contributed by atoms with van der Waals surface area (Å²) in [6.07, 6.45) is 0. The predicted octanol–water partition coefficient (Wildman–Crippen LogP) is 0.197. The van der Waals surface area contributed by atoms with Crippen molar-refractivity contribution in [2.45, 2.75) is 12.6 Å². The van der Waals surface area contributed by atoms with E-state index in [0.29, 0.717) is 52.5 Å². The van der Waals surface area contributed by atoms with E-state index in [2.05, 4.69) is 4.90 Å². The van der Waals surface area contributed by atoms with E-state index in [4.69, 9.17) is 9.47 Å². The highest BCUT2D eigenvalue weighted by Crippen LogP contribution is 2.23. The fourth-order valence-corrected chi connectivity index (χ4v) is 3.91. The molecule has 2 fully saturated rings. The third-order valence-corrected chi connectivity index (χ3v) is 5.49. The summed E-state index contributed by atoms with van der Waals surface area (Å²) in [7, 11) is 1.81. The maximum absolute atomic E-state index is 13.0. The zero-order valence-electron chi connectivity index (χ0n) is 15.1. The van der Waals surface area contributed by atoms with E-state index >= 15 is 0 Å². The van der Waals surface area contributed by atoms with Gasteiger partial charge in [0.25, 0.3) is 0 Å². The molecule has 1 aromatic rings. The minimum atomic E-state index is -0.260. The highest BCUT2D eigenvalue weighted by molar-refractivity contribution is 5.83. The second kappa shape index (κ2) is 7.25. The number of nitrogens with zero attached hydrogens (tertiary/aromatic N) is 3. The summed E-state index contributed by atoms with van der Waals surface area (Å²) < 4.78 is 11.4. The van der Waals surface area contributed by atoms with E-state index in [-0.39, 0.29) is 23.8 Å². The molecule has 2 atom stereocenters. The van der Waals surface area contributed by atoms with Crippen LogP contribution >= 0.6 is 0 Å². The number of ether oxygens (including phenoxy) is 2.